The number of carbonyl (C=O) groups is 2. The number of nitrogens with zero attached hydrogens (tertiary/aromatic N) is 1. The quantitative estimate of drug-likeness (QED) is 0.896. The standard InChI is InChI=1S/C12H9BrN2O3S/c13-8-3-9(19-6-8)5-15-11(16)7-1-2-10(12(17)18)14-4-7/h1-4,6H,5H2,(H,15,16)(H,17,18). The zero-order chi connectivity index (χ0) is 13.8. The van der Waals surface area contributed by atoms with Crippen LogP contribution in [0.25, 0.3) is 0 Å². The summed E-state index contributed by atoms with van der Waals surface area (Å²) in [6, 6.07) is 4.67. The first-order chi connectivity index (χ1) is 9.06. The number of hydrogen-bond donors (Lipinski definition) is 2. The van der Waals surface area contributed by atoms with E-state index < -0.39 is 5.97 Å². The predicted molar refractivity (Wildman–Crippen MR) is 74.4 cm³/mol. The van der Waals surface area contributed by atoms with E-state index in [2.05, 4.69) is 26.2 Å². The van der Waals surface area contributed by atoms with Crippen molar-refractivity contribution in [1.82, 2.24) is 10.3 Å². The van der Waals surface area contributed by atoms with Gasteiger partial charge in [0.05, 0.1) is 12.1 Å². The molecule has 0 aliphatic heterocycles. The summed E-state index contributed by atoms with van der Waals surface area (Å²) in [5, 5.41) is 13.4. The molecule has 5 nitrogen and oxygen atoms in total. The van der Waals surface area contributed by atoms with Gasteiger partial charge in [0.1, 0.15) is 5.69 Å². The van der Waals surface area contributed by atoms with Gasteiger partial charge >= 0.3 is 5.97 Å². The largest absolute Gasteiger partial charge is 0.477 e. The van der Waals surface area contributed by atoms with Gasteiger partial charge in [-0.25, -0.2) is 9.78 Å². The highest BCUT2D eigenvalue weighted by atomic mass is 79.9. The van der Waals surface area contributed by atoms with Crippen molar-refractivity contribution in [3.8, 4) is 0 Å². The number of carboxylic acid groups (broad SMARTS) is 1. The molecule has 0 fully saturated rings. The first kappa shape index (κ1) is 13.7. The molecule has 2 heterocycles. The molecule has 2 aromatic heterocycles. The minimum absolute atomic E-state index is 0.0845. The maximum atomic E-state index is 11.8. The molecule has 0 unspecified atom stereocenters. The Bertz CT molecular complexity index is 610. The third-order valence-electron chi connectivity index (χ3n) is 2.29. The average Bonchev–Trinajstić information content (AvgIpc) is 2.82. The molecule has 0 atom stereocenters. The van der Waals surface area contributed by atoms with Gasteiger partial charge in [0, 0.05) is 20.9 Å². The summed E-state index contributed by atoms with van der Waals surface area (Å²) in [5.41, 5.74) is 0.249. The second kappa shape index (κ2) is 5.94. The van der Waals surface area contributed by atoms with Crippen LogP contribution in [0.3, 0.4) is 0 Å². The molecule has 98 valence electrons. The number of halogens is 1. The van der Waals surface area contributed by atoms with Gasteiger partial charge in [-0.3, -0.25) is 4.79 Å². The van der Waals surface area contributed by atoms with Gasteiger partial charge in [-0.15, -0.1) is 11.3 Å². The molecule has 0 aromatic carbocycles. The number of aromatic carboxylic acids is 1. The van der Waals surface area contributed by atoms with Crippen LogP contribution in [0, 0.1) is 0 Å². The number of thiophene rings is 1. The van der Waals surface area contributed by atoms with Crippen molar-refractivity contribution >= 4 is 39.1 Å². The van der Waals surface area contributed by atoms with Crippen LogP contribution in [0.15, 0.2) is 34.2 Å². The van der Waals surface area contributed by atoms with Gasteiger partial charge in [-0.05, 0) is 34.1 Å². The van der Waals surface area contributed by atoms with E-state index in [9.17, 15) is 9.59 Å². The lowest BCUT2D eigenvalue weighted by molar-refractivity contribution is 0.0689. The summed E-state index contributed by atoms with van der Waals surface area (Å²) in [7, 11) is 0. The van der Waals surface area contributed by atoms with Crippen LogP contribution in [0.4, 0.5) is 0 Å². The number of carboxylic acids is 1. The van der Waals surface area contributed by atoms with Gasteiger partial charge in [0.2, 0.25) is 0 Å². The predicted octanol–water partition coefficient (Wildman–Crippen LogP) is 2.53. The molecular weight excluding hydrogens is 332 g/mol. The molecule has 2 aromatic rings. The monoisotopic (exact) mass is 340 g/mol. The van der Waals surface area contributed by atoms with E-state index in [0.717, 1.165) is 9.35 Å². The van der Waals surface area contributed by atoms with E-state index in [1.54, 1.807) is 0 Å². The van der Waals surface area contributed by atoms with E-state index in [4.69, 9.17) is 5.11 Å². The molecule has 0 saturated carbocycles. The number of carbonyl (C=O) groups excluding carboxylic acids is 1. The number of aromatic nitrogens is 1. The molecular formula is C12H9BrN2O3S. The Morgan fingerprint density at radius 1 is 1.42 bits per heavy atom. The van der Waals surface area contributed by atoms with Crippen molar-refractivity contribution in [3.63, 3.8) is 0 Å². The number of rotatable bonds is 4. The second-order valence-electron chi connectivity index (χ2n) is 3.65. The number of pyridine rings is 1. The SMILES string of the molecule is O=C(NCc1cc(Br)cs1)c1ccc(C(=O)O)nc1. The molecule has 0 saturated heterocycles. The van der Waals surface area contributed by atoms with Crippen LogP contribution >= 0.6 is 27.3 Å². The Morgan fingerprint density at radius 2 is 2.21 bits per heavy atom. The second-order valence-corrected chi connectivity index (χ2v) is 5.56. The highest BCUT2D eigenvalue weighted by Gasteiger charge is 2.09. The van der Waals surface area contributed by atoms with Crippen molar-refractivity contribution in [2.75, 3.05) is 0 Å². The first-order valence-corrected chi connectivity index (χ1v) is 6.94. The lowest BCUT2D eigenvalue weighted by Crippen LogP contribution is -2.22. The molecule has 7 heteroatoms. The summed E-state index contributed by atoms with van der Waals surface area (Å²) >= 11 is 4.88. The number of nitrogens with one attached hydrogen (secondary N) is 1. The maximum absolute atomic E-state index is 11.8. The highest BCUT2D eigenvalue weighted by molar-refractivity contribution is 9.10. The average molecular weight is 341 g/mol. The van der Waals surface area contributed by atoms with E-state index in [0.29, 0.717) is 12.1 Å². The van der Waals surface area contributed by atoms with E-state index >= 15 is 0 Å². The fraction of sp³-hybridized carbons (Fsp3) is 0.0833. The molecule has 0 aliphatic rings. The van der Waals surface area contributed by atoms with Crippen LogP contribution in [0.2, 0.25) is 0 Å². The van der Waals surface area contributed by atoms with E-state index in [1.165, 1.54) is 29.7 Å². The van der Waals surface area contributed by atoms with Crippen LogP contribution < -0.4 is 5.32 Å². The maximum Gasteiger partial charge on any atom is 0.354 e. The summed E-state index contributed by atoms with van der Waals surface area (Å²) in [6.45, 7) is 0.426. The summed E-state index contributed by atoms with van der Waals surface area (Å²) < 4.78 is 0.981. The lowest BCUT2D eigenvalue weighted by Gasteiger charge is -2.03. The van der Waals surface area contributed by atoms with Crippen molar-refractivity contribution in [2.45, 2.75) is 6.54 Å². The molecule has 1 amide bonds. The molecule has 2 rings (SSSR count). The summed E-state index contributed by atoms with van der Waals surface area (Å²) in [4.78, 5) is 27.1. The Labute approximate surface area is 121 Å². The molecule has 0 bridgehead atoms. The van der Waals surface area contributed by atoms with Crippen molar-refractivity contribution in [1.29, 1.82) is 0 Å². The normalized spacial score (nSPS) is 10.2. The van der Waals surface area contributed by atoms with Crippen molar-refractivity contribution < 1.29 is 14.7 Å². The van der Waals surface area contributed by atoms with Gasteiger partial charge in [0.25, 0.3) is 5.91 Å². The van der Waals surface area contributed by atoms with Gasteiger partial charge < -0.3 is 10.4 Å². The third-order valence-corrected chi connectivity index (χ3v) is 3.99. The molecule has 0 aliphatic carbocycles. The van der Waals surface area contributed by atoms with Gasteiger partial charge in [0.15, 0.2) is 0 Å². The fourth-order valence-corrected chi connectivity index (χ4v) is 2.76. The smallest absolute Gasteiger partial charge is 0.354 e. The van der Waals surface area contributed by atoms with Crippen molar-refractivity contribution in [3.05, 3.63) is 50.4 Å². The van der Waals surface area contributed by atoms with Gasteiger partial charge in [-0.2, -0.15) is 0 Å². The zero-order valence-corrected chi connectivity index (χ0v) is 12.0. The van der Waals surface area contributed by atoms with Gasteiger partial charge in [-0.1, -0.05) is 0 Å². The summed E-state index contributed by atoms with van der Waals surface area (Å²) in [5.74, 6) is -1.40. The highest BCUT2D eigenvalue weighted by Crippen LogP contribution is 2.19. The molecule has 0 radical (unpaired) electrons. The Morgan fingerprint density at radius 3 is 2.74 bits per heavy atom. The molecule has 19 heavy (non-hydrogen) atoms. The van der Waals surface area contributed by atoms with Crippen LogP contribution in [0.5, 0.6) is 0 Å². The Balaban J connectivity index is 1.98. The van der Waals surface area contributed by atoms with Crippen LogP contribution in [-0.2, 0) is 6.54 Å². The van der Waals surface area contributed by atoms with E-state index in [1.807, 2.05) is 11.4 Å². The molecule has 0 spiro atoms. The third kappa shape index (κ3) is 3.62. The number of hydrogen-bond acceptors (Lipinski definition) is 4. The first-order valence-electron chi connectivity index (χ1n) is 5.26. The lowest BCUT2D eigenvalue weighted by atomic mass is 10.2. The van der Waals surface area contributed by atoms with Crippen molar-refractivity contribution in [2.24, 2.45) is 0 Å². The Hall–Kier alpha value is -1.73. The molecule has 2 N–H and O–H groups in total. The minimum atomic E-state index is -1.12. The van der Waals surface area contributed by atoms with Crippen LogP contribution in [-0.4, -0.2) is 22.0 Å². The fourth-order valence-electron chi connectivity index (χ4n) is 1.37. The van der Waals surface area contributed by atoms with E-state index in [-0.39, 0.29) is 11.6 Å². The zero-order valence-electron chi connectivity index (χ0n) is 9.59. The topological polar surface area (TPSA) is 79.3 Å². The van der Waals surface area contributed by atoms with Crippen LogP contribution in [0.1, 0.15) is 25.7 Å². The minimum Gasteiger partial charge on any atom is -0.477 e. The number of amides is 1. The Kier molecular flexibility index (Phi) is 4.28. The summed E-state index contributed by atoms with van der Waals surface area (Å²) in [6.07, 6.45) is 1.25.